The number of rotatable bonds is 8. The molecule has 3 aliphatic rings. The molecule has 238 valence electrons. The molecule has 2 N–H and O–H groups in total. The molecule has 0 bridgehead atoms. The molecule has 2 aliphatic heterocycles. The average Bonchev–Trinajstić information content (AvgIpc) is 3.01. The molecule has 0 radical (unpaired) electrons. The lowest BCUT2D eigenvalue weighted by Crippen LogP contribution is -2.49. The van der Waals surface area contributed by atoms with Gasteiger partial charge >= 0.3 is 0 Å². The highest BCUT2D eigenvalue weighted by Gasteiger charge is 2.30. The van der Waals surface area contributed by atoms with Gasteiger partial charge in [-0.05, 0) is 94.7 Å². The van der Waals surface area contributed by atoms with Crippen LogP contribution in [0.25, 0.3) is 0 Å². The van der Waals surface area contributed by atoms with E-state index < -0.39 is 11.6 Å². The van der Waals surface area contributed by atoms with Crippen LogP contribution in [-0.2, 0) is 6.54 Å². The van der Waals surface area contributed by atoms with Crippen LogP contribution in [0.2, 0.25) is 0 Å². The van der Waals surface area contributed by atoms with E-state index in [0.717, 1.165) is 83.1 Å². The fourth-order valence-electron chi connectivity index (χ4n) is 6.53. The summed E-state index contributed by atoms with van der Waals surface area (Å²) in [4.78, 5) is 14.1. The number of guanidine groups is 1. The Labute approximate surface area is 258 Å². The Morgan fingerprint density at radius 1 is 0.860 bits per heavy atom. The number of hydrogen-bond acceptors (Lipinski definition) is 4. The van der Waals surface area contributed by atoms with Crippen LogP contribution in [0.5, 0.6) is 0 Å². The Balaban J connectivity index is 0.000000269. The minimum absolute atomic E-state index is 0.345. The lowest BCUT2D eigenvalue weighted by atomic mass is 9.78. The van der Waals surface area contributed by atoms with E-state index in [1.807, 2.05) is 0 Å². The van der Waals surface area contributed by atoms with Crippen molar-refractivity contribution in [3.8, 4) is 0 Å². The molecule has 3 atom stereocenters. The molecule has 1 aliphatic carbocycles. The molecule has 43 heavy (non-hydrogen) atoms. The Morgan fingerprint density at radius 3 is 2.26 bits per heavy atom. The monoisotopic (exact) mass is 596 g/mol. The topological polar surface area (TPSA) is 51.3 Å². The summed E-state index contributed by atoms with van der Waals surface area (Å²) < 4.78 is 26.9. The number of hydrogen-bond donors (Lipinski definition) is 1. The summed E-state index contributed by atoms with van der Waals surface area (Å²) in [6, 6.07) is 14.8. The Morgan fingerprint density at radius 2 is 1.58 bits per heavy atom. The van der Waals surface area contributed by atoms with Gasteiger partial charge in [-0.25, -0.2) is 13.8 Å². The molecule has 2 aromatic rings. The number of piperazine rings is 1. The van der Waals surface area contributed by atoms with Crippen molar-refractivity contribution in [1.82, 2.24) is 19.6 Å². The number of nitrogens with two attached hydrogens (primary N) is 1. The summed E-state index contributed by atoms with van der Waals surface area (Å²) in [5.74, 6) is 0.00121. The number of likely N-dealkylation sites (N-methyl/N-ethyl adjacent to an activating group) is 1. The first-order chi connectivity index (χ1) is 20.8. The SMILES string of the molecule is CC1CCC(N(CCCN2CCN(C)CC2)C(N)=Nc2ccc(F)c(F)c2)CC1C.c1ccc(CN2CCCCC2)cc1. The van der Waals surface area contributed by atoms with E-state index in [9.17, 15) is 8.78 Å². The number of benzene rings is 2. The minimum Gasteiger partial charge on any atom is -0.369 e. The minimum atomic E-state index is -0.897. The smallest absolute Gasteiger partial charge is 0.196 e. The zero-order chi connectivity index (χ0) is 30.6. The van der Waals surface area contributed by atoms with Gasteiger partial charge in [0.1, 0.15) is 0 Å². The summed E-state index contributed by atoms with van der Waals surface area (Å²) >= 11 is 0. The number of likely N-dealkylation sites (tertiary alicyclic amines) is 1. The lowest BCUT2D eigenvalue weighted by Gasteiger charge is -2.40. The molecular weight excluding hydrogens is 542 g/mol. The van der Waals surface area contributed by atoms with Gasteiger partial charge in [0.15, 0.2) is 17.6 Å². The van der Waals surface area contributed by atoms with Gasteiger partial charge in [0.05, 0.1) is 5.69 Å². The largest absolute Gasteiger partial charge is 0.369 e. The normalized spacial score (nSPS) is 24.3. The predicted molar refractivity (Wildman–Crippen MR) is 174 cm³/mol. The molecule has 5 rings (SSSR count). The van der Waals surface area contributed by atoms with Crippen LogP contribution in [0.1, 0.15) is 64.4 Å². The van der Waals surface area contributed by atoms with Crippen molar-refractivity contribution in [2.24, 2.45) is 22.6 Å². The van der Waals surface area contributed by atoms with Gasteiger partial charge in [-0.2, -0.15) is 0 Å². The maximum atomic E-state index is 13.6. The van der Waals surface area contributed by atoms with Gasteiger partial charge in [-0.3, -0.25) is 4.90 Å². The predicted octanol–water partition coefficient (Wildman–Crippen LogP) is 6.35. The summed E-state index contributed by atoms with van der Waals surface area (Å²) in [7, 11) is 2.17. The molecule has 8 heteroatoms. The average molecular weight is 597 g/mol. The zero-order valence-corrected chi connectivity index (χ0v) is 26.7. The van der Waals surface area contributed by atoms with Crippen LogP contribution >= 0.6 is 0 Å². The first-order valence-corrected chi connectivity index (χ1v) is 16.5. The fraction of sp³-hybridized carbons (Fsp3) is 0.629. The molecule has 1 saturated carbocycles. The van der Waals surface area contributed by atoms with Gasteiger partial charge in [0.25, 0.3) is 0 Å². The number of aliphatic imine (C=N–C) groups is 1. The van der Waals surface area contributed by atoms with E-state index in [4.69, 9.17) is 5.73 Å². The quantitative estimate of drug-likeness (QED) is 0.285. The van der Waals surface area contributed by atoms with Gasteiger partial charge in [0.2, 0.25) is 0 Å². The molecule has 0 aromatic heterocycles. The van der Waals surface area contributed by atoms with E-state index >= 15 is 0 Å². The third-order valence-electron chi connectivity index (χ3n) is 9.62. The van der Waals surface area contributed by atoms with E-state index in [2.05, 4.69) is 75.8 Å². The maximum Gasteiger partial charge on any atom is 0.196 e. The summed E-state index contributed by atoms with van der Waals surface area (Å²) in [5, 5.41) is 0. The third kappa shape index (κ3) is 10.8. The number of piperidine rings is 1. The van der Waals surface area contributed by atoms with E-state index in [0.29, 0.717) is 23.6 Å². The second-order valence-electron chi connectivity index (χ2n) is 13.0. The van der Waals surface area contributed by atoms with Crippen LogP contribution in [0.3, 0.4) is 0 Å². The van der Waals surface area contributed by atoms with Crippen molar-refractivity contribution in [3.05, 3.63) is 65.7 Å². The Kier molecular flexibility index (Phi) is 13.2. The first-order valence-electron chi connectivity index (χ1n) is 16.5. The highest BCUT2D eigenvalue weighted by atomic mass is 19.2. The van der Waals surface area contributed by atoms with Crippen molar-refractivity contribution >= 4 is 11.6 Å². The van der Waals surface area contributed by atoms with Gasteiger partial charge in [-0.1, -0.05) is 50.6 Å². The van der Waals surface area contributed by atoms with Crippen molar-refractivity contribution in [2.45, 2.75) is 71.4 Å². The van der Waals surface area contributed by atoms with Crippen LogP contribution in [0, 0.1) is 23.5 Å². The molecule has 6 nitrogen and oxygen atoms in total. The molecule has 3 unspecified atom stereocenters. The number of nitrogens with zero attached hydrogens (tertiary/aromatic N) is 5. The molecule has 3 fully saturated rings. The zero-order valence-electron chi connectivity index (χ0n) is 26.7. The summed E-state index contributed by atoms with van der Waals surface area (Å²) in [5.41, 5.74) is 8.23. The summed E-state index contributed by atoms with van der Waals surface area (Å²) in [6.07, 6.45) is 8.56. The van der Waals surface area contributed by atoms with E-state index in [1.165, 1.54) is 50.4 Å². The van der Waals surface area contributed by atoms with Crippen molar-refractivity contribution < 1.29 is 8.78 Å². The molecular formula is C35H54F2N6. The van der Waals surface area contributed by atoms with E-state index in [1.54, 1.807) is 0 Å². The van der Waals surface area contributed by atoms with Crippen LogP contribution in [-0.4, -0.2) is 91.0 Å². The molecule has 2 aromatic carbocycles. The van der Waals surface area contributed by atoms with Gasteiger partial charge in [0, 0.05) is 51.4 Å². The first kappa shape index (κ1) is 33.3. The second kappa shape index (κ2) is 17.1. The summed E-state index contributed by atoms with van der Waals surface area (Å²) in [6.45, 7) is 14.6. The second-order valence-corrected chi connectivity index (χ2v) is 13.0. The van der Waals surface area contributed by atoms with Gasteiger partial charge < -0.3 is 20.4 Å². The van der Waals surface area contributed by atoms with Gasteiger partial charge in [-0.15, -0.1) is 0 Å². The highest BCUT2D eigenvalue weighted by molar-refractivity contribution is 5.81. The van der Waals surface area contributed by atoms with Crippen molar-refractivity contribution in [2.75, 3.05) is 59.4 Å². The standard InChI is InChI=1S/C23H37F2N5.C12H17N/c1-17-5-7-20(15-18(17)2)30(10-4-9-29-13-11-28(3)12-14-29)23(26)27-19-6-8-21(24)22(25)16-19;1-3-7-12(8-4-1)11-13-9-5-2-6-10-13/h6,8,16-18,20H,4-5,7,9-15H2,1-3H3,(H2,26,27);1,3-4,7-8H,2,5-6,9-11H2. The van der Waals surface area contributed by atoms with E-state index in [-0.39, 0.29) is 0 Å². The van der Waals surface area contributed by atoms with Crippen molar-refractivity contribution in [1.29, 1.82) is 0 Å². The van der Waals surface area contributed by atoms with Crippen LogP contribution < -0.4 is 5.73 Å². The molecule has 0 amide bonds. The highest BCUT2D eigenvalue weighted by Crippen LogP contribution is 2.32. The Bertz CT molecular complexity index is 1110. The third-order valence-corrected chi connectivity index (χ3v) is 9.62. The number of halogens is 2. The lowest BCUT2D eigenvalue weighted by molar-refractivity contribution is 0.136. The van der Waals surface area contributed by atoms with Crippen LogP contribution in [0.4, 0.5) is 14.5 Å². The van der Waals surface area contributed by atoms with Crippen molar-refractivity contribution in [3.63, 3.8) is 0 Å². The molecule has 0 spiro atoms. The fourth-order valence-corrected chi connectivity index (χ4v) is 6.53. The maximum absolute atomic E-state index is 13.6. The van der Waals surface area contributed by atoms with Crippen LogP contribution in [0.15, 0.2) is 53.5 Å². The molecule has 2 saturated heterocycles. The Hall–Kier alpha value is -2.55. The molecule has 2 heterocycles.